The highest BCUT2D eigenvalue weighted by atomic mass is 32.1. The van der Waals surface area contributed by atoms with E-state index in [0.717, 1.165) is 6.20 Å². The normalized spacial score (nSPS) is 19.6. The van der Waals surface area contributed by atoms with Crippen LogP contribution in [0.5, 0.6) is 0 Å². The highest BCUT2D eigenvalue weighted by Crippen LogP contribution is 2.50. The number of likely N-dealkylation sites (N-methyl/N-ethyl adjacent to an activating group) is 2. The molecule has 48 heavy (non-hydrogen) atoms. The molecule has 0 fully saturated rings. The first kappa shape index (κ1) is 32.9. The fraction of sp³-hybridized carbons (Fsp3) is 0.273. The van der Waals surface area contributed by atoms with Crippen LogP contribution in [0.2, 0.25) is 0 Å². The van der Waals surface area contributed by atoms with Crippen LogP contribution in [0.15, 0.2) is 78.5 Å². The number of alkyl halides is 3. The molecule has 2 aliphatic heterocycles. The summed E-state index contributed by atoms with van der Waals surface area (Å²) in [5.74, 6) is -2.34. The van der Waals surface area contributed by atoms with Gasteiger partial charge in [-0.25, -0.2) is 14.6 Å². The van der Waals surface area contributed by atoms with E-state index < -0.39 is 40.3 Å². The number of aromatic nitrogens is 4. The first-order valence-electron chi connectivity index (χ1n) is 15.0. The lowest BCUT2D eigenvalue weighted by molar-refractivity contribution is -0.141. The Morgan fingerprint density at radius 1 is 1.08 bits per heavy atom. The summed E-state index contributed by atoms with van der Waals surface area (Å²) in [7, 11) is 1.90. The third-order valence-electron chi connectivity index (χ3n) is 8.29. The standard InChI is InChI=1S/C33H31F3N8O3S/c1-4-43-30-25(19(2)41-44(30)23-11-6-5-7-12-23)32(48,21-9-8-10-22(17-21)38-28(45)20-14-16-42(3)18-20)26(31(43)47)40-29(46)27-37-15-13-24(39-27)33(34,35)36/h5-15,17,26,48H,4,16,18H2,1-3H3,(H,38,45)(H,40,46)/t26-,32-/m1/s1. The highest BCUT2D eigenvalue weighted by molar-refractivity contribution is 7.81. The molecule has 0 saturated heterocycles. The topological polar surface area (TPSA) is 125 Å². The number of carbonyl (C=O) groups is 3. The van der Waals surface area contributed by atoms with Gasteiger partial charge in [0, 0.05) is 42.7 Å². The number of halogens is 3. The first-order valence-corrected chi connectivity index (χ1v) is 15.5. The van der Waals surface area contributed by atoms with Crippen molar-refractivity contribution in [2.45, 2.75) is 30.8 Å². The van der Waals surface area contributed by atoms with Crippen molar-refractivity contribution in [3.05, 3.63) is 107 Å². The van der Waals surface area contributed by atoms with Gasteiger partial charge in [0.1, 0.15) is 17.6 Å². The van der Waals surface area contributed by atoms with Gasteiger partial charge in [-0.1, -0.05) is 36.4 Å². The van der Waals surface area contributed by atoms with E-state index in [1.807, 2.05) is 48.4 Å². The summed E-state index contributed by atoms with van der Waals surface area (Å²) >= 11 is 5.17. The minimum Gasteiger partial charge on any atom is -0.336 e. The van der Waals surface area contributed by atoms with Crippen LogP contribution in [0.3, 0.4) is 0 Å². The maximum atomic E-state index is 14.5. The van der Waals surface area contributed by atoms with E-state index >= 15 is 0 Å². The number of carbonyl (C=O) groups excluding carboxylic acids is 3. The molecule has 2 aromatic carbocycles. The summed E-state index contributed by atoms with van der Waals surface area (Å²) in [4.78, 5) is 51.7. The van der Waals surface area contributed by atoms with Crippen LogP contribution >= 0.6 is 12.6 Å². The molecular weight excluding hydrogens is 645 g/mol. The van der Waals surface area contributed by atoms with Gasteiger partial charge in [0.25, 0.3) is 17.7 Å². The van der Waals surface area contributed by atoms with Gasteiger partial charge in [-0.2, -0.15) is 30.9 Å². The molecule has 2 atom stereocenters. The van der Waals surface area contributed by atoms with Crippen molar-refractivity contribution in [2.75, 3.05) is 36.9 Å². The Balaban J connectivity index is 1.49. The molecule has 0 aliphatic carbocycles. The maximum Gasteiger partial charge on any atom is 0.433 e. The molecule has 0 spiro atoms. The predicted molar refractivity (Wildman–Crippen MR) is 175 cm³/mol. The Morgan fingerprint density at radius 3 is 2.50 bits per heavy atom. The van der Waals surface area contributed by atoms with Crippen molar-refractivity contribution in [1.82, 2.24) is 30.0 Å². The van der Waals surface area contributed by atoms with Crippen molar-refractivity contribution in [1.29, 1.82) is 0 Å². The second kappa shape index (κ2) is 12.5. The lowest BCUT2D eigenvalue weighted by Gasteiger charge is -2.44. The number of aryl methyl sites for hydroxylation is 1. The van der Waals surface area contributed by atoms with Crippen LogP contribution in [0, 0.1) is 6.92 Å². The number of anilines is 2. The molecule has 15 heteroatoms. The van der Waals surface area contributed by atoms with Crippen LogP contribution in [0.1, 0.15) is 40.1 Å². The van der Waals surface area contributed by atoms with Gasteiger partial charge in [-0.3, -0.25) is 24.2 Å². The molecule has 4 aromatic rings. The second-order valence-electron chi connectivity index (χ2n) is 11.5. The van der Waals surface area contributed by atoms with E-state index in [-0.39, 0.29) is 12.5 Å². The molecule has 2 N–H and O–H groups in total. The molecule has 4 heterocycles. The SMILES string of the molecule is CCN1C(=O)[C@@H](NC(=O)c2nccc(C(F)(F)F)n2)[C@@](S)(c2cccc(NC(=O)C3=CCN(C)C3)c2)c2c(C)nn(-c3ccccc3)c21. The van der Waals surface area contributed by atoms with Crippen molar-refractivity contribution in [3.8, 4) is 5.69 Å². The van der Waals surface area contributed by atoms with E-state index in [1.54, 1.807) is 42.8 Å². The van der Waals surface area contributed by atoms with Gasteiger partial charge < -0.3 is 10.6 Å². The molecule has 248 valence electrons. The number of benzene rings is 2. The number of amides is 3. The van der Waals surface area contributed by atoms with E-state index in [9.17, 15) is 27.6 Å². The Morgan fingerprint density at radius 2 is 1.83 bits per heavy atom. The van der Waals surface area contributed by atoms with Crippen LogP contribution in [0.4, 0.5) is 24.7 Å². The monoisotopic (exact) mass is 676 g/mol. The maximum absolute atomic E-state index is 14.5. The third-order valence-corrected chi connectivity index (χ3v) is 9.03. The van der Waals surface area contributed by atoms with Crippen LogP contribution in [0.25, 0.3) is 5.69 Å². The summed E-state index contributed by atoms with van der Waals surface area (Å²) in [5.41, 5.74) is 1.75. The van der Waals surface area contributed by atoms with Gasteiger partial charge in [-0.05, 0) is 56.8 Å². The number of hydrogen-bond acceptors (Lipinski definition) is 8. The second-order valence-corrected chi connectivity index (χ2v) is 12.2. The summed E-state index contributed by atoms with van der Waals surface area (Å²) in [6.45, 7) is 4.79. The zero-order valence-electron chi connectivity index (χ0n) is 26.1. The largest absolute Gasteiger partial charge is 0.433 e. The first-order chi connectivity index (χ1) is 22.8. The van der Waals surface area contributed by atoms with Crippen LogP contribution < -0.4 is 15.5 Å². The average molecular weight is 677 g/mol. The zero-order valence-corrected chi connectivity index (χ0v) is 27.0. The van der Waals surface area contributed by atoms with Gasteiger partial charge in [0.2, 0.25) is 5.82 Å². The molecule has 0 bridgehead atoms. The summed E-state index contributed by atoms with van der Waals surface area (Å²) in [5, 5.41) is 10.3. The Bertz CT molecular complexity index is 1950. The van der Waals surface area contributed by atoms with Gasteiger partial charge >= 0.3 is 6.18 Å². The molecule has 2 aromatic heterocycles. The average Bonchev–Trinajstić information content (AvgIpc) is 3.66. The minimum absolute atomic E-state index is 0.166. The molecule has 0 unspecified atom stereocenters. The van der Waals surface area contributed by atoms with Crippen molar-refractivity contribution in [3.63, 3.8) is 0 Å². The molecule has 3 amide bonds. The van der Waals surface area contributed by atoms with Gasteiger partial charge in [-0.15, -0.1) is 0 Å². The van der Waals surface area contributed by atoms with Gasteiger partial charge in [0.15, 0.2) is 0 Å². The van der Waals surface area contributed by atoms with Crippen molar-refractivity contribution < 1.29 is 27.6 Å². The predicted octanol–water partition coefficient (Wildman–Crippen LogP) is 4.14. The van der Waals surface area contributed by atoms with Crippen molar-refractivity contribution >= 4 is 41.9 Å². The van der Waals surface area contributed by atoms with E-state index in [2.05, 4.69) is 20.6 Å². The Labute approximate surface area is 279 Å². The number of fused-ring (bicyclic) bond motifs is 1. The lowest BCUT2D eigenvalue weighted by atomic mass is 9.79. The lowest BCUT2D eigenvalue weighted by Crippen LogP contribution is -2.61. The smallest absolute Gasteiger partial charge is 0.336 e. The number of nitrogens with one attached hydrogen (secondary N) is 2. The molecule has 11 nitrogen and oxygen atoms in total. The molecular formula is C33H31F3N8O3S. The summed E-state index contributed by atoms with van der Waals surface area (Å²) in [6, 6.07) is 15.1. The fourth-order valence-corrected chi connectivity index (χ4v) is 6.62. The number of para-hydroxylation sites is 1. The summed E-state index contributed by atoms with van der Waals surface area (Å²) in [6.07, 6.45) is -2.15. The molecule has 0 radical (unpaired) electrons. The molecule has 0 saturated carbocycles. The quantitative estimate of drug-likeness (QED) is 0.252. The fourth-order valence-electron chi connectivity index (χ4n) is 6.04. The Kier molecular flexibility index (Phi) is 8.60. The Hall–Kier alpha value is -5.02. The minimum atomic E-state index is -4.82. The number of nitrogens with zero attached hydrogens (tertiary/aromatic N) is 6. The van der Waals surface area contributed by atoms with Crippen molar-refractivity contribution in [2.24, 2.45) is 0 Å². The number of hydrogen-bond donors (Lipinski definition) is 3. The van der Waals surface area contributed by atoms with Gasteiger partial charge in [0.05, 0.1) is 16.1 Å². The highest BCUT2D eigenvalue weighted by Gasteiger charge is 2.54. The molecule has 6 rings (SSSR count). The van der Waals surface area contributed by atoms with Crippen LogP contribution in [-0.4, -0.2) is 75.1 Å². The van der Waals surface area contributed by atoms with E-state index in [1.165, 1.54) is 4.90 Å². The van der Waals surface area contributed by atoms with E-state index in [4.69, 9.17) is 17.7 Å². The summed E-state index contributed by atoms with van der Waals surface area (Å²) < 4.78 is 40.3. The zero-order chi connectivity index (χ0) is 34.4. The van der Waals surface area contributed by atoms with Crippen LogP contribution in [-0.2, 0) is 20.5 Å². The third kappa shape index (κ3) is 5.83. The van der Waals surface area contributed by atoms with E-state index in [0.29, 0.717) is 58.7 Å². The number of rotatable bonds is 7. The molecule has 2 aliphatic rings. The number of thiol groups is 1.